The number of carbonyl (C=O) groups is 2. The molecule has 178 valence electrons. The van der Waals surface area contributed by atoms with Gasteiger partial charge in [-0.1, -0.05) is 18.2 Å². The highest BCUT2D eigenvalue weighted by atomic mass is 19.4. The van der Waals surface area contributed by atoms with Gasteiger partial charge in [-0.05, 0) is 80.1 Å². The third kappa shape index (κ3) is 5.90. The number of halogens is 4. The monoisotopic (exact) mass is 465 g/mol. The maximum atomic E-state index is 14.7. The first-order valence-corrected chi connectivity index (χ1v) is 10.7. The van der Waals surface area contributed by atoms with Crippen LogP contribution in [0, 0.1) is 5.82 Å². The summed E-state index contributed by atoms with van der Waals surface area (Å²) in [5.74, 6) is -2.54. The molecule has 0 aromatic heterocycles. The Morgan fingerprint density at radius 3 is 2.27 bits per heavy atom. The topological polar surface area (TPSA) is 61.4 Å². The summed E-state index contributed by atoms with van der Waals surface area (Å²) in [6, 6.07) is 11.7. The van der Waals surface area contributed by atoms with E-state index in [-0.39, 0.29) is 18.0 Å². The number of nitrogens with zero attached hydrogens (tertiary/aromatic N) is 1. The van der Waals surface area contributed by atoms with Crippen LogP contribution < -0.4 is 15.5 Å². The van der Waals surface area contributed by atoms with Crippen molar-refractivity contribution in [1.82, 2.24) is 10.6 Å². The Morgan fingerprint density at radius 2 is 1.73 bits per heavy atom. The normalized spacial score (nSPS) is 20.8. The number of hydrogen-bond donors (Lipinski definition) is 2. The maximum absolute atomic E-state index is 14.7. The lowest BCUT2D eigenvalue weighted by Crippen LogP contribution is -2.57. The van der Waals surface area contributed by atoms with E-state index in [4.69, 9.17) is 0 Å². The number of carbonyl (C=O) groups excluding carboxylic acids is 2. The highest BCUT2D eigenvalue weighted by molar-refractivity contribution is 5.82. The SMILES string of the molecule is CNC1CCC(Cc2cc(-c3ccc(N(C)C=O)cc3)ccc2F)(NC(=O)C(F)(F)F)CC1. The Kier molecular flexibility index (Phi) is 7.41. The molecule has 0 saturated heterocycles. The lowest BCUT2D eigenvalue weighted by molar-refractivity contribution is -0.176. The predicted octanol–water partition coefficient (Wildman–Crippen LogP) is 4.21. The first-order chi connectivity index (χ1) is 15.6. The van der Waals surface area contributed by atoms with Crippen LogP contribution in [0.4, 0.5) is 23.2 Å². The quantitative estimate of drug-likeness (QED) is 0.476. The minimum atomic E-state index is -5.01. The van der Waals surface area contributed by atoms with Crippen LogP contribution in [0.1, 0.15) is 31.2 Å². The van der Waals surface area contributed by atoms with Gasteiger partial charge < -0.3 is 15.5 Å². The molecule has 1 saturated carbocycles. The fourth-order valence-corrected chi connectivity index (χ4v) is 4.32. The minimum Gasteiger partial charge on any atom is -0.343 e. The summed E-state index contributed by atoms with van der Waals surface area (Å²) < 4.78 is 53.8. The first kappa shape index (κ1) is 24.7. The van der Waals surface area contributed by atoms with Crippen molar-refractivity contribution in [2.45, 2.75) is 49.9 Å². The Hall–Kier alpha value is -2.94. The Labute approximate surface area is 190 Å². The fourth-order valence-electron chi connectivity index (χ4n) is 4.32. The van der Waals surface area contributed by atoms with Crippen LogP contribution in [0.2, 0.25) is 0 Å². The Morgan fingerprint density at radius 1 is 1.12 bits per heavy atom. The molecule has 1 fully saturated rings. The van der Waals surface area contributed by atoms with Crippen LogP contribution >= 0.6 is 0 Å². The molecule has 1 aliphatic rings. The van der Waals surface area contributed by atoms with E-state index in [2.05, 4.69) is 10.6 Å². The van der Waals surface area contributed by atoms with Crippen LogP contribution in [0.15, 0.2) is 42.5 Å². The second kappa shape index (κ2) is 9.91. The number of amides is 2. The van der Waals surface area contributed by atoms with E-state index in [1.165, 1.54) is 11.0 Å². The van der Waals surface area contributed by atoms with Crippen LogP contribution in [-0.2, 0) is 16.0 Å². The van der Waals surface area contributed by atoms with Crippen molar-refractivity contribution >= 4 is 18.0 Å². The first-order valence-electron chi connectivity index (χ1n) is 10.7. The smallest absolute Gasteiger partial charge is 0.343 e. The maximum Gasteiger partial charge on any atom is 0.471 e. The zero-order valence-electron chi connectivity index (χ0n) is 18.5. The van der Waals surface area contributed by atoms with Gasteiger partial charge in [0.1, 0.15) is 5.82 Å². The van der Waals surface area contributed by atoms with E-state index in [0.717, 1.165) is 5.56 Å². The summed E-state index contributed by atoms with van der Waals surface area (Å²) in [5, 5.41) is 5.29. The summed E-state index contributed by atoms with van der Waals surface area (Å²) in [6.07, 6.45) is -2.63. The van der Waals surface area contributed by atoms with E-state index in [9.17, 15) is 27.2 Å². The molecule has 2 aromatic carbocycles. The molecule has 2 aromatic rings. The average Bonchev–Trinajstić information content (AvgIpc) is 2.80. The molecule has 9 heteroatoms. The summed E-state index contributed by atoms with van der Waals surface area (Å²) in [5.41, 5.74) is 1.20. The number of anilines is 1. The van der Waals surface area contributed by atoms with Crippen molar-refractivity contribution in [2.75, 3.05) is 19.0 Å². The van der Waals surface area contributed by atoms with Crippen LogP contribution in [0.5, 0.6) is 0 Å². The van der Waals surface area contributed by atoms with E-state index in [1.54, 1.807) is 50.5 Å². The van der Waals surface area contributed by atoms with Crippen LogP contribution in [-0.4, -0.2) is 44.2 Å². The number of rotatable bonds is 7. The van der Waals surface area contributed by atoms with E-state index in [0.29, 0.717) is 43.3 Å². The molecule has 0 spiro atoms. The predicted molar refractivity (Wildman–Crippen MR) is 118 cm³/mol. The zero-order valence-corrected chi connectivity index (χ0v) is 18.5. The van der Waals surface area contributed by atoms with Gasteiger partial charge in [0.25, 0.3) is 0 Å². The third-order valence-electron chi connectivity index (χ3n) is 6.33. The summed E-state index contributed by atoms with van der Waals surface area (Å²) >= 11 is 0. The molecule has 1 aliphatic carbocycles. The Balaban J connectivity index is 1.89. The molecule has 0 heterocycles. The molecule has 0 unspecified atom stereocenters. The second-order valence-corrected chi connectivity index (χ2v) is 8.54. The summed E-state index contributed by atoms with van der Waals surface area (Å²) in [6.45, 7) is 0. The van der Waals surface area contributed by atoms with Gasteiger partial charge in [0.2, 0.25) is 6.41 Å². The molecule has 0 aliphatic heterocycles. The van der Waals surface area contributed by atoms with Crippen molar-refractivity contribution in [3.63, 3.8) is 0 Å². The number of hydrogen-bond acceptors (Lipinski definition) is 3. The second-order valence-electron chi connectivity index (χ2n) is 8.54. The van der Waals surface area contributed by atoms with Gasteiger partial charge >= 0.3 is 12.1 Å². The number of benzene rings is 2. The highest BCUT2D eigenvalue weighted by Crippen LogP contribution is 2.35. The van der Waals surface area contributed by atoms with E-state index < -0.39 is 23.4 Å². The molecule has 0 atom stereocenters. The third-order valence-corrected chi connectivity index (χ3v) is 6.33. The number of nitrogens with one attached hydrogen (secondary N) is 2. The van der Waals surface area contributed by atoms with Crippen molar-refractivity contribution in [3.8, 4) is 11.1 Å². The van der Waals surface area contributed by atoms with Crippen molar-refractivity contribution in [1.29, 1.82) is 0 Å². The summed E-state index contributed by atoms with van der Waals surface area (Å²) in [7, 11) is 3.41. The number of alkyl halides is 3. The molecule has 0 radical (unpaired) electrons. The summed E-state index contributed by atoms with van der Waals surface area (Å²) in [4.78, 5) is 24.1. The van der Waals surface area contributed by atoms with Gasteiger partial charge in [-0.3, -0.25) is 9.59 Å². The molecular formula is C24H27F4N3O2. The minimum absolute atomic E-state index is 0.0448. The standard InChI is InChI=1S/C24H27F4N3O2/c1-29-19-9-11-23(12-10-19,30-22(33)24(26,27)28)14-18-13-17(5-8-21(18)25)16-3-6-20(7-4-16)31(2)15-32/h3-8,13,15,19,29H,9-12,14H2,1-2H3,(H,30,33). The van der Waals surface area contributed by atoms with Crippen molar-refractivity contribution in [2.24, 2.45) is 0 Å². The molecule has 2 amide bonds. The van der Waals surface area contributed by atoms with Crippen LogP contribution in [0.3, 0.4) is 0 Å². The molecule has 3 rings (SSSR count). The molecule has 0 bridgehead atoms. The molecular weight excluding hydrogens is 438 g/mol. The Bertz CT molecular complexity index is 984. The highest BCUT2D eigenvalue weighted by Gasteiger charge is 2.45. The van der Waals surface area contributed by atoms with Gasteiger partial charge in [0.05, 0.1) is 0 Å². The van der Waals surface area contributed by atoms with Gasteiger partial charge in [0.15, 0.2) is 0 Å². The van der Waals surface area contributed by atoms with Gasteiger partial charge in [-0.15, -0.1) is 0 Å². The van der Waals surface area contributed by atoms with Gasteiger partial charge in [-0.25, -0.2) is 4.39 Å². The molecule has 33 heavy (non-hydrogen) atoms. The van der Waals surface area contributed by atoms with Crippen molar-refractivity contribution in [3.05, 3.63) is 53.8 Å². The lowest BCUT2D eigenvalue weighted by Gasteiger charge is -2.41. The molecule has 2 N–H and O–H groups in total. The zero-order chi connectivity index (χ0) is 24.2. The largest absolute Gasteiger partial charge is 0.471 e. The van der Waals surface area contributed by atoms with Crippen molar-refractivity contribution < 1.29 is 27.2 Å². The molecule has 5 nitrogen and oxygen atoms in total. The van der Waals surface area contributed by atoms with Gasteiger partial charge in [0, 0.05) is 24.3 Å². The van der Waals surface area contributed by atoms with E-state index >= 15 is 0 Å². The van der Waals surface area contributed by atoms with Crippen LogP contribution in [0.25, 0.3) is 11.1 Å². The van der Waals surface area contributed by atoms with Gasteiger partial charge in [-0.2, -0.15) is 13.2 Å². The fraction of sp³-hybridized carbons (Fsp3) is 0.417. The lowest BCUT2D eigenvalue weighted by atomic mass is 9.75. The van der Waals surface area contributed by atoms with E-state index in [1.807, 2.05) is 0 Å². The average molecular weight is 465 g/mol.